The Morgan fingerprint density at radius 1 is 1.23 bits per heavy atom. The third-order valence-electron chi connectivity index (χ3n) is 4.79. The molecule has 2 amide bonds. The van der Waals surface area contributed by atoms with Crippen molar-refractivity contribution in [3.63, 3.8) is 0 Å². The lowest BCUT2D eigenvalue weighted by Crippen LogP contribution is -2.39. The quantitative estimate of drug-likeness (QED) is 0.664. The summed E-state index contributed by atoms with van der Waals surface area (Å²) in [5.74, 6) is -1.09. The number of benzene rings is 2. The molecule has 1 aliphatic heterocycles. The van der Waals surface area contributed by atoms with Crippen molar-refractivity contribution in [3.05, 3.63) is 70.7 Å². The summed E-state index contributed by atoms with van der Waals surface area (Å²) in [6, 6.07) is 11.3. The van der Waals surface area contributed by atoms with Crippen LogP contribution in [0.4, 0.5) is 4.39 Å². The van der Waals surface area contributed by atoms with E-state index in [0.29, 0.717) is 23.9 Å². The van der Waals surface area contributed by atoms with Crippen LogP contribution in [0.2, 0.25) is 0 Å². The third-order valence-corrected chi connectivity index (χ3v) is 4.79. The zero-order chi connectivity index (χ0) is 18.3. The van der Waals surface area contributed by atoms with Crippen molar-refractivity contribution >= 4 is 22.7 Å². The van der Waals surface area contributed by atoms with Crippen molar-refractivity contribution in [1.29, 1.82) is 0 Å². The zero-order valence-corrected chi connectivity index (χ0v) is 14.2. The molecule has 0 radical (unpaired) electrons. The molecule has 0 spiro atoms. The molecule has 0 bridgehead atoms. The lowest BCUT2D eigenvalue weighted by atomic mass is 9.99. The molecular formula is C20H18FN3O2. The van der Waals surface area contributed by atoms with E-state index in [1.165, 1.54) is 12.1 Å². The lowest BCUT2D eigenvalue weighted by molar-refractivity contribution is -0.122. The van der Waals surface area contributed by atoms with Crippen LogP contribution < -0.4 is 10.6 Å². The first-order valence-electron chi connectivity index (χ1n) is 8.49. The van der Waals surface area contributed by atoms with Gasteiger partial charge in [0.1, 0.15) is 17.6 Å². The Labute approximate surface area is 149 Å². The Morgan fingerprint density at radius 3 is 2.85 bits per heavy atom. The summed E-state index contributed by atoms with van der Waals surface area (Å²) >= 11 is 0. The van der Waals surface area contributed by atoms with Gasteiger partial charge in [0.15, 0.2) is 0 Å². The Morgan fingerprint density at radius 2 is 2.04 bits per heavy atom. The first-order valence-corrected chi connectivity index (χ1v) is 8.49. The highest BCUT2D eigenvalue weighted by Crippen LogP contribution is 2.24. The maximum absolute atomic E-state index is 14.0. The monoisotopic (exact) mass is 351 g/mol. The SMILES string of the molecule is Cc1ccc(F)c2cc(C(=O)NC3C(=O)NCCc4ccccc43)[nH]c12. The predicted octanol–water partition coefficient (Wildman–Crippen LogP) is 2.76. The summed E-state index contributed by atoms with van der Waals surface area (Å²) in [4.78, 5) is 28.1. The Balaban J connectivity index is 1.69. The van der Waals surface area contributed by atoms with Crippen LogP contribution in [0.15, 0.2) is 42.5 Å². The number of carbonyl (C=O) groups is 2. The minimum absolute atomic E-state index is 0.225. The fourth-order valence-corrected chi connectivity index (χ4v) is 3.41. The summed E-state index contributed by atoms with van der Waals surface area (Å²) in [6.45, 7) is 2.37. The maximum Gasteiger partial charge on any atom is 0.268 e. The largest absolute Gasteiger partial charge is 0.354 e. The molecule has 3 N–H and O–H groups in total. The number of carbonyl (C=O) groups excluding carboxylic acids is 2. The fourth-order valence-electron chi connectivity index (χ4n) is 3.41. The molecule has 0 saturated carbocycles. The topological polar surface area (TPSA) is 74.0 Å². The molecule has 2 aromatic carbocycles. The Bertz CT molecular complexity index is 986. The molecular weight excluding hydrogens is 333 g/mol. The molecule has 3 aromatic rings. The second-order valence-electron chi connectivity index (χ2n) is 6.48. The summed E-state index contributed by atoms with van der Waals surface area (Å²) in [6.07, 6.45) is 0.713. The lowest BCUT2D eigenvalue weighted by Gasteiger charge is -2.17. The molecule has 6 heteroatoms. The van der Waals surface area contributed by atoms with Crippen molar-refractivity contribution in [3.8, 4) is 0 Å². The van der Waals surface area contributed by atoms with E-state index in [1.54, 1.807) is 6.07 Å². The van der Waals surface area contributed by atoms with Crippen molar-refractivity contribution in [1.82, 2.24) is 15.6 Å². The number of amides is 2. The number of hydrogen-bond donors (Lipinski definition) is 3. The first kappa shape index (κ1) is 16.3. The van der Waals surface area contributed by atoms with Gasteiger partial charge in [0, 0.05) is 11.9 Å². The van der Waals surface area contributed by atoms with Gasteiger partial charge in [-0.05, 0) is 42.2 Å². The number of fused-ring (bicyclic) bond motifs is 2. The zero-order valence-electron chi connectivity index (χ0n) is 14.2. The van der Waals surface area contributed by atoms with E-state index in [1.807, 2.05) is 31.2 Å². The van der Waals surface area contributed by atoms with E-state index in [4.69, 9.17) is 0 Å². The van der Waals surface area contributed by atoms with Crippen LogP contribution in [-0.4, -0.2) is 23.3 Å². The van der Waals surface area contributed by atoms with Gasteiger partial charge in [-0.1, -0.05) is 30.3 Å². The highest BCUT2D eigenvalue weighted by atomic mass is 19.1. The van der Waals surface area contributed by atoms with Gasteiger partial charge < -0.3 is 15.6 Å². The van der Waals surface area contributed by atoms with E-state index in [-0.39, 0.29) is 11.6 Å². The van der Waals surface area contributed by atoms with E-state index in [9.17, 15) is 14.0 Å². The van der Waals surface area contributed by atoms with Gasteiger partial charge in [0.2, 0.25) is 5.91 Å². The van der Waals surface area contributed by atoms with Crippen LogP contribution in [0, 0.1) is 12.7 Å². The van der Waals surface area contributed by atoms with Crippen molar-refractivity contribution < 1.29 is 14.0 Å². The number of aryl methyl sites for hydroxylation is 1. The van der Waals surface area contributed by atoms with Gasteiger partial charge in [-0.2, -0.15) is 0 Å². The van der Waals surface area contributed by atoms with Crippen LogP contribution >= 0.6 is 0 Å². The maximum atomic E-state index is 14.0. The Hall–Kier alpha value is -3.15. The average Bonchev–Trinajstić information content (AvgIpc) is 3.04. The van der Waals surface area contributed by atoms with Crippen molar-refractivity contribution in [2.24, 2.45) is 0 Å². The van der Waals surface area contributed by atoms with Gasteiger partial charge in [-0.3, -0.25) is 9.59 Å². The van der Waals surface area contributed by atoms with E-state index >= 15 is 0 Å². The average molecular weight is 351 g/mol. The highest BCUT2D eigenvalue weighted by Gasteiger charge is 2.28. The van der Waals surface area contributed by atoms with E-state index in [0.717, 1.165) is 16.7 Å². The number of H-pyrrole nitrogens is 1. The molecule has 1 atom stereocenters. The highest BCUT2D eigenvalue weighted by molar-refractivity contribution is 6.01. The minimum Gasteiger partial charge on any atom is -0.354 e. The molecule has 0 aliphatic carbocycles. The fraction of sp³-hybridized carbons (Fsp3) is 0.200. The molecule has 2 heterocycles. The van der Waals surface area contributed by atoms with Gasteiger partial charge in [-0.15, -0.1) is 0 Å². The van der Waals surface area contributed by atoms with Crippen molar-refractivity contribution in [2.75, 3.05) is 6.54 Å². The summed E-state index contributed by atoms with van der Waals surface area (Å²) in [5.41, 5.74) is 3.46. The minimum atomic E-state index is -0.779. The number of hydrogen-bond acceptors (Lipinski definition) is 2. The van der Waals surface area contributed by atoms with Crippen LogP contribution in [0.25, 0.3) is 10.9 Å². The normalized spacial score (nSPS) is 16.7. The van der Waals surface area contributed by atoms with E-state index in [2.05, 4.69) is 15.6 Å². The van der Waals surface area contributed by atoms with Crippen LogP contribution in [0.5, 0.6) is 0 Å². The molecule has 1 aromatic heterocycles. The summed E-state index contributed by atoms with van der Waals surface area (Å²) < 4.78 is 14.0. The molecule has 0 fully saturated rings. The molecule has 5 nitrogen and oxygen atoms in total. The summed E-state index contributed by atoms with van der Waals surface area (Å²) in [7, 11) is 0. The second-order valence-corrected chi connectivity index (χ2v) is 6.48. The smallest absolute Gasteiger partial charge is 0.268 e. The van der Waals surface area contributed by atoms with Crippen LogP contribution in [-0.2, 0) is 11.2 Å². The predicted molar refractivity (Wildman–Crippen MR) is 96.4 cm³/mol. The van der Waals surface area contributed by atoms with Crippen molar-refractivity contribution in [2.45, 2.75) is 19.4 Å². The molecule has 26 heavy (non-hydrogen) atoms. The number of aromatic nitrogens is 1. The molecule has 4 rings (SSSR count). The molecule has 0 saturated heterocycles. The van der Waals surface area contributed by atoms with E-state index < -0.39 is 17.8 Å². The molecule has 1 unspecified atom stereocenters. The van der Waals surface area contributed by atoms with Gasteiger partial charge >= 0.3 is 0 Å². The number of rotatable bonds is 2. The number of aromatic amines is 1. The molecule has 132 valence electrons. The summed E-state index contributed by atoms with van der Waals surface area (Å²) in [5, 5.41) is 5.96. The Kier molecular flexibility index (Phi) is 3.95. The van der Waals surface area contributed by atoms with Gasteiger partial charge in [-0.25, -0.2) is 4.39 Å². The second kappa shape index (κ2) is 6.29. The number of nitrogens with one attached hydrogen (secondary N) is 3. The number of halogens is 1. The van der Waals surface area contributed by atoms with Gasteiger partial charge in [0.25, 0.3) is 5.91 Å². The van der Waals surface area contributed by atoms with Crippen LogP contribution in [0.3, 0.4) is 0 Å². The standard InChI is InChI=1S/C20H18FN3O2/c1-11-6-7-15(21)14-10-16(23-17(11)14)19(25)24-18-13-5-3-2-4-12(13)8-9-22-20(18)26/h2-7,10,18,23H,8-9H2,1H3,(H,22,26)(H,24,25). The third kappa shape index (κ3) is 2.73. The first-order chi connectivity index (χ1) is 12.5. The van der Waals surface area contributed by atoms with Gasteiger partial charge in [0.05, 0.1) is 5.52 Å². The van der Waals surface area contributed by atoms with Crippen LogP contribution in [0.1, 0.15) is 33.2 Å². The molecule has 1 aliphatic rings.